The van der Waals surface area contributed by atoms with Crippen molar-refractivity contribution in [2.45, 2.75) is 59.6 Å². The molecule has 0 bridgehead atoms. The van der Waals surface area contributed by atoms with Gasteiger partial charge in [-0.2, -0.15) is 0 Å². The fraction of sp³-hybridized carbons (Fsp3) is 0.312. The number of aliphatic carboxylic acids is 1. The van der Waals surface area contributed by atoms with Gasteiger partial charge in [0.05, 0.1) is 5.56 Å². The van der Waals surface area contributed by atoms with E-state index >= 15 is 0 Å². The number of carboxylic acids is 1. The summed E-state index contributed by atoms with van der Waals surface area (Å²) >= 11 is 0. The first-order valence-electron chi connectivity index (χ1n) is 12.9. The van der Waals surface area contributed by atoms with Crippen LogP contribution in [0.4, 0.5) is 0 Å². The third-order valence-electron chi connectivity index (χ3n) is 6.75. The fourth-order valence-electron chi connectivity index (χ4n) is 4.89. The first-order chi connectivity index (χ1) is 17.7. The van der Waals surface area contributed by atoms with E-state index in [1.807, 2.05) is 62.4 Å². The summed E-state index contributed by atoms with van der Waals surface area (Å²) < 4.78 is 8.21. The number of benzene rings is 3. The quantitative estimate of drug-likeness (QED) is 0.219. The van der Waals surface area contributed by atoms with Crippen LogP contribution in [0.5, 0.6) is 5.75 Å². The van der Waals surface area contributed by atoms with Crippen molar-refractivity contribution in [3.8, 4) is 5.75 Å². The Morgan fingerprint density at radius 3 is 2.24 bits per heavy atom. The zero-order valence-electron chi connectivity index (χ0n) is 22.0. The van der Waals surface area contributed by atoms with Gasteiger partial charge >= 0.3 is 5.97 Å². The number of hydrogen-bond donors (Lipinski definition) is 1. The summed E-state index contributed by atoms with van der Waals surface area (Å²) in [6.45, 7) is 8.94. The number of rotatable bonds is 11. The summed E-state index contributed by atoms with van der Waals surface area (Å²) in [5, 5.41) is 9.91. The predicted molar refractivity (Wildman–Crippen MR) is 147 cm³/mol. The molecule has 4 rings (SSSR count). The number of aromatic nitrogens is 1. The molecule has 0 fully saturated rings. The monoisotopic (exact) mass is 497 g/mol. The highest BCUT2D eigenvalue weighted by Crippen LogP contribution is 2.30. The molecule has 5 heteroatoms. The summed E-state index contributed by atoms with van der Waals surface area (Å²) in [6.07, 6.45) is 1.55. The highest BCUT2D eigenvalue weighted by Gasteiger charge is 2.21. The Kier molecular flexibility index (Phi) is 8.12. The van der Waals surface area contributed by atoms with Gasteiger partial charge in [0.2, 0.25) is 0 Å². The van der Waals surface area contributed by atoms with Crippen LogP contribution in [0.25, 0.3) is 10.9 Å². The number of aryl methyl sites for hydroxylation is 1. The molecule has 0 amide bonds. The lowest BCUT2D eigenvalue weighted by Gasteiger charge is -2.16. The third kappa shape index (κ3) is 6.11. The average molecular weight is 498 g/mol. The van der Waals surface area contributed by atoms with Crippen molar-refractivity contribution in [1.29, 1.82) is 0 Å². The highest BCUT2D eigenvalue weighted by molar-refractivity contribution is 6.17. The lowest BCUT2D eigenvalue weighted by atomic mass is 10.00. The topological polar surface area (TPSA) is 68.5 Å². The number of para-hydroxylation sites is 1. The van der Waals surface area contributed by atoms with Crippen molar-refractivity contribution >= 4 is 22.7 Å². The van der Waals surface area contributed by atoms with Crippen LogP contribution in [0.2, 0.25) is 0 Å². The minimum absolute atomic E-state index is 0.0500. The lowest BCUT2D eigenvalue weighted by molar-refractivity contribution is -0.137. The van der Waals surface area contributed by atoms with E-state index in [2.05, 4.69) is 42.7 Å². The molecule has 0 aliphatic carbocycles. The Bertz CT molecular complexity index is 1380. The van der Waals surface area contributed by atoms with E-state index in [1.165, 1.54) is 5.56 Å². The first-order valence-corrected chi connectivity index (χ1v) is 12.9. The number of hydrogen-bond acceptors (Lipinski definition) is 3. The van der Waals surface area contributed by atoms with Crippen LogP contribution in [-0.2, 0) is 17.8 Å². The molecule has 0 aliphatic rings. The number of nitrogens with zero attached hydrogens (tertiary/aromatic N) is 1. The summed E-state index contributed by atoms with van der Waals surface area (Å²) in [5.74, 6) is 0.470. The largest absolute Gasteiger partial charge is 0.486 e. The van der Waals surface area contributed by atoms with E-state index in [4.69, 9.17) is 9.84 Å². The number of carbonyl (C=O) groups is 2. The molecule has 0 saturated carbocycles. The lowest BCUT2D eigenvalue weighted by Crippen LogP contribution is -2.07. The Hall–Kier alpha value is -3.86. The zero-order chi connectivity index (χ0) is 26.5. The highest BCUT2D eigenvalue weighted by atomic mass is 16.5. The van der Waals surface area contributed by atoms with Crippen molar-refractivity contribution in [3.05, 3.63) is 101 Å². The molecule has 3 aromatic carbocycles. The van der Waals surface area contributed by atoms with Gasteiger partial charge in [-0.1, -0.05) is 56.3 Å². The Labute approximate surface area is 218 Å². The Balaban J connectivity index is 1.51. The second kappa shape index (κ2) is 11.5. The second-order valence-electron chi connectivity index (χ2n) is 10.1. The molecule has 1 N–H and O–H groups in total. The van der Waals surface area contributed by atoms with Gasteiger partial charge in [-0.15, -0.1) is 0 Å². The van der Waals surface area contributed by atoms with Crippen LogP contribution in [-0.4, -0.2) is 21.4 Å². The van der Waals surface area contributed by atoms with E-state index in [-0.39, 0.29) is 18.3 Å². The second-order valence-corrected chi connectivity index (χ2v) is 10.1. The normalized spacial score (nSPS) is 12.1. The molecule has 1 unspecified atom stereocenters. The molecule has 1 heterocycles. The van der Waals surface area contributed by atoms with Crippen LogP contribution in [0.3, 0.4) is 0 Å². The van der Waals surface area contributed by atoms with Gasteiger partial charge in [-0.3, -0.25) is 9.59 Å². The molecule has 4 aromatic rings. The molecule has 1 aromatic heterocycles. The molecule has 37 heavy (non-hydrogen) atoms. The van der Waals surface area contributed by atoms with E-state index in [1.54, 1.807) is 0 Å². The van der Waals surface area contributed by atoms with Gasteiger partial charge in [0.25, 0.3) is 0 Å². The minimum atomic E-state index is -0.815. The number of carbonyl (C=O) groups excluding carboxylic acids is 1. The summed E-state index contributed by atoms with van der Waals surface area (Å²) in [4.78, 5) is 24.6. The SMILES string of the molecule is Cc1c(C(=O)c2ccc(OC(C)c3ccc(CC(C)C)cc3)cc2)c2ccccc2n1CCCC(=O)O. The van der Waals surface area contributed by atoms with E-state index < -0.39 is 5.97 Å². The van der Waals surface area contributed by atoms with Crippen molar-refractivity contribution in [3.63, 3.8) is 0 Å². The van der Waals surface area contributed by atoms with Crippen molar-refractivity contribution < 1.29 is 19.4 Å². The Morgan fingerprint density at radius 2 is 1.59 bits per heavy atom. The van der Waals surface area contributed by atoms with E-state index in [0.29, 0.717) is 35.8 Å². The van der Waals surface area contributed by atoms with Crippen LogP contribution in [0.15, 0.2) is 72.8 Å². The smallest absolute Gasteiger partial charge is 0.303 e. The van der Waals surface area contributed by atoms with Crippen LogP contribution in [0.1, 0.15) is 72.5 Å². The van der Waals surface area contributed by atoms with Gasteiger partial charge in [0.15, 0.2) is 5.78 Å². The van der Waals surface area contributed by atoms with Gasteiger partial charge < -0.3 is 14.4 Å². The maximum Gasteiger partial charge on any atom is 0.303 e. The molecule has 5 nitrogen and oxygen atoms in total. The van der Waals surface area contributed by atoms with Gasteiger partial charge in [0, 0.05) is 35.1 Å². The molecule has 1 atom stereocenters. The summed E-state index contributed by atoms with van der Waals surface area (Å²) in [5.41, 5.74) is 5.49. The summed E-state index contributed by atoms with van der Waals surface area (Å²) in [6, 6.07) is 23.7. The number of carboxylic acid groups (broad SMARTS) is 1. The van der Waals surface area contributed by atoms with Crippen molar-refractivity contribution in [2.75, 3.05) is 0 Å². The number of ether oxygens (including phenoxy) is 1. The van der Waals surface area contributed by atoms with Crippen LogP contribution < -0.4 is 4.74 Å². The third-order valence-corrected chi connectivity index (χ3v) is 6.75. The van der Waals surface area contributed by atoms with Gasteiger partial charge in [-0.05, 0) is 74.1 Å². The minimum Gasteiger partial charge on any atom is -0.486 e. The molecular weight excluding hydrogens is 462 g/mol. The van der Waals surface area contributed by atoms with Gasteiger partial charge in [0.1, 0.15) is 11.9 Å². The average Bonchev–Trinajstić information content (AvgIpc) is 3.15. The van der Waals surface area contributed by atoms with E-state index in [9.17, 15) is 9.59 Å². The number of ketones is 1. The maximum atomic E-state index is 13.6. The zero-order valence-corrected chi connectivity index (χ0v) is 22.0. The number of fused-ring (bicyclic) bond motifs is 1. The fourth-order valence-corrected chi connectivity index (χ4v) is 4.89. The molecular formula is C32H35NO4. The molecule has 0 aliphatic heterocycles. The van der Waals surface area contributed by atoms with Crippen LogP contribution >= 0.6 is 0 Å². The molecule has 0 saturated heterocycles. The summed E-state index contributed by atoms with van der Waals surface area (Å²) in [7, 11) is 0. The molecule has 0 spiro atoms. The maximum absolute atomic E-state index is 13.6. The first kappa shape index (κ1) is 26.2. The van der Waals surface area contributed by atoms with Crippen molar-refractivity contribution in [2.24, 2.45) is 5.92 Å². The van der Waals surface area contributed by atoms with E-state index in [0.717, 1.165) is 28.6 Å². The molecule has 0 radical (unpaired) electrons. The molecule has 192 valence electrons. The van der Waals surface area contributed by atoms with Crippen molar-refractivity contribution in [1.82, 2.24) is 4.57 Å². The van der Waals surface area contributed by atoms with Crippen LogP contribution in [0, 0.1) is 12.8 Å². The standard InChI is InChI=1S/C32H35NO4/c1-21(2)20-24-11-13-25(14-12-24)23(4)37-27-17-15-26(16-18-27)32(36)31-22(3)33(19-7-10-30(34)35)29-9-6-5-8-28(29)31/h5-6,8-9,11-18,21,23H,7,10,19-20H2,1-4H3,(H,34,35). The van der Waals surface area contributed by atoms with Gasteiger partial charge in [-0.25, -0.2) is 0 Å². The Morgan fingerprint density at radius 1 is 0.919 bits per heavy atom. The predicted octanol–water partition coefficient (Wildman–Crippen LogP) is 7.38.